The Morgan fingerprint density at radius 2 is 2.39 bits per heavy atom. The molecule has 1 N–H and O–H groups in total. The van der Waals surface area contributed by atoms with Gasteiger partial charge in [0.1, 0.15) is 16.9 Å². The van der Waals surface area contributed by atoms with Crippen molar-refractivity contribution in [2.75, 3.05) is 5.32 Å². The van der Waals surface area contributed by atoms with E-state index in [1.54, 1.807) is 24.8 Å². The van der Waals surface area contributed by atoms with E-state index < -0.39 is 0 Å². The zero-order valence-corrected chi connectivity index (χ0v) is 10.6. The Hall–Kier alpha value is -2.06. The van der Waals surface area contributed by atoms with Crippen LogP contribution in [0.3, 0.4) is 0 Å². The molecule has 0 aliphatic heterocycles. The molecule has 0 amide bonds. The summed E-state index contributed by atoms with van der Waals surface area (Å²) in [5.74, 6) is 0.531. The maximum absolute atomic E-state index is 8.88. The second kappa shape index (κ2) is 5.52. The lowest BCUT2D eigenvalue weighted by Gasteiger charge is -2.16. The van der Waals surface area contributed by atoms with Crippen LogP contribution in [0.4, 0.5) is 5.82 Å². The second-order valence-corrected chi connectivity index (χ2v) is 4.32. The van der Waals surface area contributed by atoms with E-state index in [2.05, 4.69) is 15.3 Å². The molecule has 1 atom stereocenters. The topological polar surface area (TPSA) is 66.5 Å². The van der Waals surface area contributed by atoms with Gasteiger partial charge in [-0.25, -0.2) is 9.97 Å². The van der Waals surface area contributed by atoms with Crippen molar-refractivity contribution in [3.63, 3.8) is 0 Å². The number of nitrogens with zero attached hydrogens (tertiary/aromatic N) is 4. The van der Waals surface area contributed by atoms with Crippen LogP contribution >= 0.6 is 11.6 Å². The van der Waals surface area contributed by atoms with Gasteiger partial charge in [-0.05, 0) is 13.0 Å². The Labute approximate surface area is 110 Å². The third-order valence-electron chi connectivity index (χ3n) is 2.44. The Kier molecular flexibility index (Phi) is 3.80. The van der Waals surface area contributed by atoms with Crippen molar-refractivity contribution in [2.45, 2.75) is 19.5 Å². The number of aromatic nitrogens is 3. The summed E-state index contributed by atoms with van der Waals surface area (Å²) in [4.78, 5) is 8.11. The van der Waals surface area contributed by atoms with Gasteiger partial charge in [-0.15, -0.1) is 0 Å². The molecule has 0 aromatic carbocycles. The van der Waals surface area contributed by atoms with E-state index in [9.17, 15) is 0 Å². The Morgan fingerprint density at radius 1 is 1.56 bits per heavy atom. The highest BCUT2D eigenvalue weighted by Crippen LogP contribution is 2.23. The van der Waals surface area contributed by atoms with Gasteiger partial charge in [0, 0.05) is 31.2 Å². The van der Waals surface area contributed by atoms with E-state index in [0.717, 1.165) is 6.54 Å². The second-order valence-electron chi connectivity index (χ2n) is 3.94. The van der Waals surface area contributed by atoms with Crippen LogP contribution < -0.4 is 5.32 Å². The van der Waals surface area contributed by atoms with E-state index >= 15 is 0 Å². The minimum atomic E-state index is 0.123. The normalized spacial score (nSPS) is 11.8. The van der Waals surface area contributed by atoms with Crippen molar-refractivity contribution in [3.8, 4) is 6.07 Å². The number of hydrogen-bond donors (Lipinski definition) is 1. The Balaban J connectivity index is 2.08. The highest BCUT2D eigenvalue weighted by atomic mass is 35.5. The van der Waals surface area contributed by atoms with Gasteiger partial charge in [0.15, 0.2) is 0 Å². The van der Waals surface area contributed by atoms with Crippen molar-refractivity contribution in [3.05, 3.63) is 41.6 Å². The molecule has 0 radical (unpaired) electrons. The average molecular weight is 262 g/mol. The molecule has 1 unspecified atom stereocenters. The molecule has 6 heteroatoms. The van der Waals surface area contributed by atoms with Gasteiger partial charge in [-0.2, -0.15) is 5.26 Å². The minimum absolute atomic E-state index is 0.123. The van der Waals surface area contributed by atoms with Crippen molar-refractivity contribution in [2.24, 2.45) is 0 Å². The number of nitrogens with one attached hydrogen (secondary N) is 1. The lowest BCUT2D eigenvalue weighted by atomic mass is 10.2. The quantitative estimate of drug-likeness (QED) is 0.917. The number of anilines is 1. The summed E-state index contributed by atoms with van der Waals surface area (Å²) in [6.07, 6.45) is 6.93. The first kappa shape index (κ1) is 12.4. The third kappa shape index (κ3) is 2.79. The first-order valence-electron chi connectivity index (χ1n) is 5.47. The summed E-state index contributed by atoms with van der Waals surface area (Å²) < 4.78 is 1.96. The molecule has 0 aliphatic carbocycles. The van der Waals surface area contributed by atoms with Gasteiger partial charge >= 0.3 is 0 Å². The maximum atomic E-state index is 8.88. The van der Waals surface area contributed by atoms with Crippen molar-refractivity contribution in [1.82, 2.24) is 14.5 Å². The first-order valence-corrected chi connectivity index (χ1v) is 5.85. The van der Waals surface area contributed by atoms with Gasteiger partial charge in [0.2, 0.25) is 0 Å². The zero-order valence-electron chi connectivity index (χ0n) is 9.84. The van der Waals surface area contributed by atoms with Gasteiger partial charge in [-0.1, -0.05) is 11.6 Å². The first-order chi connectivity index (χ1) is 8.70. The summed E-state index contributed by atoms with van der Waals surface area (Å²) in [6, 6.07) is 3.74. The number of rotatable bonds is 4. The molecular weight excluding hydrogens is 250 g/mol. The summed E-state index contributed by atoms with van der Waals surface area (Å²) in [5, 5.41) is 12.4. The Bertz CT molecular complexity index is 558. The molecule has 2 heterocycles. The largest absolute Gasteiger partial charge is 0.365 e. The molecule has 18 heavy (non-hydrogen) atoms. The molecule has 0 bridgehead atoms. The van der Waals surface area contributed by atoms with Crippen LogP contribution in [0.5, 0.6) is 0 Å². The fourth-order valence-electron chi connectivity index (χ4n) is 1.62. The number of imidazole rings is 1. The predicted molar refractivity (Wildman–Crippen MR) is 69.3 cm³/mol. The fraction of sp³-hybridized carbons (Fsp3) is 0.250. The number of pyridine rings is 1. The van der Waals surface area contributed by atoms with Crippen LogP contribution in [0.25, 0.3) is 0 Å². The molecule has 2 aromatic heterocycles. The van der Waals surface area contributed by atoms with Gasteiger partial charge in [0.25, 0.3) is 0 Å². The van der Waals surface area contributed by atoms with E-state index in [1.807, 2.05) is 23.8 Å². The summed E-state index contributed by atoms with van der Waals surface area (Å²) in [6.45, 7) is 2.76. The summed E-state index contributed by atoms with van der Waals surface area (Å²) in [5.41, 5.74) is 0.420. The van der Waals surface area contributed by atoms with Crippen molar-refractivity contribution < 1.29 is 0 Å². The molecule has 92 valence electrons. The van der Waals surface area contributed by atoms with Crippen LogP contribution in [-0.2, 0) is 6.54 Å². The van der Waals surface area contributed by atoms with Crippen LogP contribution in [0.15, 0.2) is 31.0 Å². The number of hydrogen-bond acceptors (Lipinski definition) is 4. The van der Waals surface area contributed by atoms with Gasteiger partial charge in [-0.3, -0.25) is 0 Å². The highest BCUT2D eigenvalue weighted by Gasteiger charge is 2.10. The number of nitriles is 1. The SMILES string of the molecule is CC(Cn1ccnc1)Nc1nccc(C#N)c1Cl. The van der Waals surface area contributed by atoms with Crippen LogP contribution in [0.2, 0.25) is 5.02 Å². The third-order valence-corrected chi connectivity index (χ3v) is 2.82. The van der Waals surface area contributed by atoms with E-state index in [1.165, 1.54) is 0 Å². The Morgan fingerprint density at radius 3 is 3.06 bits per heavy atom. The highest BCUT2D eigenvalue weighted by molar-refractivity contribution is 6.34. The van der Waals surface area contributed by atoms with Crippen LogP contribution in [-0.4, -0.2) is 20.6 Å². The molecule has 0 saturated heterocycles. The molecule has 0 saturated carbocycles. The zero-order chi connectivity index (χ0) is 13.0. The summed E-state index contributed by atoms with van der Waals surface area (Å²) in [7, 11) is 0. The molecule has 0 fully saturated rings. The molecular formula is C12H12ClN5. The lowest BCUT2D eigenvalue weighted by Crippen LogP contribution is -2.22. The van der Waals surface area contributed by atoms with E-state index in [-0.39, 0.29) is 6.04 Å². The predicted octanol–water partition coefficient (Wildman–Crippen LogP) is 2.30. The van der Waals surface area contributed by atoms with E-state index in [4.69, 9.17) is 16.9 Å². The number of halogens is 1. The van der Waals surface area contributed by atoms with Gasteiger partial charge < -0.3 is 9.88 Å². The van der Waals surface area contributed by atoms with Gasteiger partial charge in [0.05, 0.1) is 11.9 Å². The fourth-order valence-corrected chi connectivity index (χ4v) is 1.83. The lowest BCUT2D eigenvalue weighted by molar-refractivity contribution is 0.617. The van der Waals surface area contributed by atoms with E-state index in [0.29, 0.717) is 16.4 Å². The molecule has 0 spiro atoms. The molecule has 0 aliphatic rings. The minimum Gasteiger partial charge on any atom is -0.365 e. The van der Waals surface area contributed by atoms with Crippen molar-refractivity contribution >= 4 is 17.4 Å². The van der Waals surface area contributed by atoms with Crippen LogP contribution in [0.1, 0.15) is 12.5 Å². The molecule has 2 rings (SSSR count). The molecule has 5 nitrogen and oxygen atoms in total. The monoisotopic (exact) mass is 261 g/mol. The molecule has 2 aromatic rings. The van der Waals surface area contributed by atoms with Crippen LogP contribution in [0, 0.1) is 11.3 Å². The maximum Gasteiger partial charge on any atom is 0.146 e. The standard InChI is InChI=1S/C12H12ClN5/c1-9(7-18-5-4-15-8-18)17-12-11(13)10(6-14)2-3-16-12/h2-5,8-9H,7H2,1H3,(H,16,17). The summed E-state index contributed by atoms with van der Waals surface area (Å²) >= 11 is 6.07. The average Bonchev–Trinajstić information content (AvgIpc) is 2.84. The van der Waals surface area contributed by atoms with Crippen molar-refractivity contribution in [1.29, 1.82) is 5.26 Å². The smallest absolute Gasteiger partial charge is 0.146 e.